The van der Waals surface area contributed by atoms with E-state index in [1.54, 1.807) is 37.3 Å². The number of aromatic nitrogens is 1. The van der Waals surface area contributed by atoms with Gasteiger partial charge in [-0.1, -0.05) is 18.2 Å². The summed E-state index contributed by atoms with van der Waals surface area (Å²) in [6, 6.07) is 9.06. The van der Waals surface area contributed by atoms with E-state index in [-0.39, 0.29) is 17.5 Å². The molecule has 20 heavy (non-hydrogen) atoms. The number of anilines is 1. The molecule has 1 atom stereocenters. The van der Waals surface area contributed by atoms with E-state index in [0.29, 0.717) is 11.1 Å². The number of carbonyl (C=O) groups excluding carboxylic acids is 1. The Balaban J connectivity index is 2.18. The summed E-state index contributed by atoms with van der Waals surface area (Å²) in [5.74, 6) is 4.84. The zero-order valence-electron chi connectivity index (χ0n) is 10.9. The molecule has 0 aliphatic carbocycles. The minimum absolute atomic E-state index is 0.269. The highest BCUT2D eigenvalue weighted by Gasteiger charge is 2.16. The summed E-state index contributed by atoms with van der Waals surface area (Å²) in [5, 5.41) is 2.71. The third-order valence-corrected chi connectivity index (χ3v) is 2.91. The Kier molecular flexibility index (Phi) is 4.27. The van der Waals surface area contributed by atoms with Gasteiger partial charge in [-0.3, -0.25) is 4.79 Å². The summed E-state index contributed by atoms with van der Waals surface area (Å²) >= 11 is 0. The molecule has 4 N–H and O–H groups in total. The van der Waals surface area contributed by atoms with Crippen LogP contribution >= 0.6 is 0 Å². The molecule has 1 amide bonds. The van der Waals surface area contributed by atoms with Crippen molar-refractivity contribution in [2.45, 2.75) is 13.0 Å². The number of benzene rings is 1. The minimum Gasteiger partial charge on any atom is -0.345 e. The molecule has 0 spiro atoms. The zero-order valence-corrected chi connectivity index (χ0v) is 10.9. The number of amides is 1. The molecule has 0 saturated carbocycles. The van der Waals surface area contributed by atoms with E-state index in [2.05, 4.69) is 15.7 Å². The van der Waals surface area contributed by atoms with Gasteiger partial charge in [-0.25, -0.2) is 15.2 Å². The first-order valence-electron chi connectivity index (χ1n) is 6.10. The Morgan fingerprint density at radius 3 is 2.75 bits per heavy atom. The van der Waals surface area contributed by atoms with Crippen molar-refractivity contribution in [1.82, 2.24) is 10.3 Å². The Morgan fingerprint density at radius 1 is 1.30 bits per heavy atom. The standard InChI is InChI=1S/C14H15FN4O/c1-9(10-5-2-3-7-12(10)15)18-14(20)11-6-4-8-17-13(11)19-16/h2-9H,16H2,1H3,(H,17,19)(H,18,20). The first-order chi connectivity index (χ1) is 9.63. The van der Waals surface area contributed by atoms with Crippen LogP contribution in [0.4, 0.5) is 10.2 Å². The number of rotatable bonds is 4. The molecule has 1 heterocycles. The number of nitrogens with two attached hydrogens (primary N) is 1. The van der Waals surface area contributed by atoms with Crippen molar-refractivity contribution >= 4 is 11.7 Å². The van der Waals surface area contributed by atoms with Gasteiger partial charge in [0.25, 0.3) is 5.91 Å². The normalized spacial score (nSPS) is 11.8. The van der Waals surface area contributed by atoms with E-state index >= 15 is 0 Å². The van der Waals surface area contributed by atoms with Gasteiger partial charge in [-0.05, 0) is 25.1 Å². The molecule has 0 aliphatic heterocycles. The Labute approximate surface area is 116 Å². The molecule has 2 aromatic rings. The molecular formula is C14H15FN4O. The Hall–Kier alpha value is -2.47. The third kappa shape index (κ3) is 2.92. The number of nitrogens with one attached hydrogen (secondary N) is 2. The van der Waals surface area contributed by atoms with Crippen LogP contribution in [0.3, 0.4) is 0 Å². The molecule has 0 radical (unpaired) electrons. The van der Waals surface area contributed by atoms with Crippen LogP contribution in [0, 0.1) is 5.82 Å². The maximum Gasteiger partial charge on any atom is 0.255 e. The average molecular weight is 274 g/mol. The van der Waals surface area contributed by atoms with E-state index < -0.39 is 6.04 Å². The molecule has 6 heteroatoms. The largest absolute Gasteiger partial charge is 0.345 e. The van der Waals surface area contributed by atoms with E-state index in [1.807, 2.05) is 0 Å². The lowest BCUT2D eigenvalue weighted by molar-refractivity contribution is 0.0940. The number of pyridine rings is 1. The molecule has 0 aliphatic rings. The number of hydrogen-bond acceptors (Lipinski definition) is 4. The fraction of sp³-hybridized carbons (Fsp3) is 0.143. The van der Waals surface area contributed by atoms with Crippen molar-refractivity contribution in [3.05, 3.63) is 59.5 Å². The molecule has 104 valence electrons. The minimum atomic E-state index is -0.463. The predicted molar refractivity (Wildman–Crippen MR) is 74.3 cm³/mol. The topological polar surface area (TPSA) is 80.0 Å². The Morgan fingerprint density at radius 2 is 2.05 bits per heavy atom. The second-order valence-corrected chi connectivity index (χ2v) is 4.26. The summed E-state index contributed by atoms with van der Waals surface area (Å²) in [5.41, 5.74) is 3.08. The molecule has 0 saturated heterocycles. The summed E-state index contributed by atoms with van der Waals surface area (Å²) in [4.78, 5) is 16.1. The lowest BCUT2D eigenvalue weighted by atomic mass is 10.1. The molecule has 0 fully saturated rings. The molecule has 5 nitrogen and oxygen atoms in total. The van der Waals surface area contributed by atoms with Gasteiger partial charge in [0.2, 0.25) is 0 Å². The van der Waals surface area contributed by atoms with Crippen molar-refractivity contribution in [3.8, 4) is 0 Å². The predicted octanol–water partition coefficient (Wildman–Crippen LogP) is 2.00. The van der Waals surface area contributed by atoms with Crippen LogP contribution in [0.5, 0.6) is 0 Å². The third-order valence-electron chi connectivity index (χ3n) is 2.91. The second kappa shape index (κ2) is 6.12. The van der Waals surface area contributed by atoms with Gasteiger partial charge in [0.1, 0.15) is 5.82 Å². The molecule has 0 bridgehead atoms. The molecule has 2 rings (SSSR count). The Bertz CT molecular complexity index is 618. The van der Waals surface area contributed by atoms with Gasteiger partial charge >= 0.3 is 0 Å². The number of hydrazine groups is 1. The van der Waals surface area contributed by atoms with Gasteiger partial charge in [0.15, 0.2) is 5.82 Å². The van der Waals surface area contributed by atoms with E-state index in [9.17, 15) is 9.18 Å². The van der Waals surface area contributed by atoms with E-state index in [0.717, 1.165) is 0 Å². The van der Waals surface area contributed by atoms with Crippen molar-refractivity contribution in [2.75, 3.05) is 5.43 Å². The zero-order chi connectivity index (χ0) is 14.5. The van der Waals surface area contributed by atoms with Crippen LogP contribution in [0.15, 0.2) is 42.6 Å². The van der Waals surface area contributed by atoms with E-state index in [1.165, 1.54) is 12.3 Å². The first kappa shape index (κ1) is 14.0. The first-order valence-corrected chi connectivity index (χ1v) is 6.10. The number of nitrogen functional groups attached to an aromatic ring is 1. The van der Waals surface area contributed by atoms with E-state index in [4.69, 9.17) is 5.84 Å². The van der Waals surface area contributed by atoms with Crippen LogP contribution in [-0.4, -0.2) is 10.9 Å². The number of hydrogen-bond donors (Lipinski definition) is 3. The van der Waals surface area contributed by atoms with Crippen molar-refractivity contribution < 1.29 is 9.18 Å². The SMILES string of the molecule is CC(NC(=O)c1cccnc1NN)c1ccccc1F. The van der Waals surface area contributed by atoms with Crippen LogP contribution in [0.25, 0.3) is 0 Å². The fourth-order valence-electron chi connectivity index (χ4n) is 1.88. The van der Waals surface area contributed by atoms with Gasteiger partial charge in [0, 0.05) is 11.8 Å². The van der Waals surface area contributed by atoms with Gasteiger partial charge in [-0.15, -0.1) is 0 Å². The second-order valence-electron chi connectivity index (χ2n) is 4.26. The van der Waals surface area contributed by atoms with Gasteiger partial charge in [0.05, 0.1) is 11.6 Å². The molecule has 1 unspecified atom stereocenters. The van der Waals surface area contributed by atoms with Crippen molar-refractivity contribution in [2.24, 2.45) is 5.84 Å². The highest BCUT2D eigenvalue weighted by Crippen LogP contribution is 2.18. The summed E-state index contributed by atoms with van der Waals surface area (Å²) in [6.45, 7) is 1.71. The fourth-order valence-corrected chi connectivity index (χ4v) is 1.88. The highest BCUT2D eigenvalue weighted by molar-refractivity contribution is 5.98. The lowest BCUT2D eigenvalue weighted by Crippen LogP contribution is -2.28. The van der Waals surface area contributed by atoms with Gasteiger partial charge < -0.3 is 10.7 Å². The van der Waals surface area contributed by atoms with Crippen LogP contribution < -0.4 is 16.6 Å². The number of nitrogens with zero attached hydrogens (tertiary/aromatic N) is 1. The quantitative estimate of drug-likeness (QED) is 0.588. The number of carbonyl (C=O) groups is 1. The maximum atomic E-state index is 13.6. The average Bonchev–Trinajstić information content (AvgIpc) is 2.47. The molecule has 1 aromatic carbocycles. The van der Waals surface area contributed by atoms with Crippen LogP contribution in [-0.2, 0) is 0 Å². The number of halogens is 1. The molecule has 1 aromatic heterocycles. The van der Waals surface area contributed by atoms with Crippen LogP contribution in [0.1, 0.15) is 28.9 Å². The van der Waals surface area contributed by atoms with Crippen molar-refractivity contribution in [3.63, 3.8) is 0 Å². The molecular weight excluding hydrogens is 259 g/mol. The van der Waals surface area contributed by atoms with Crippen LogP contribution in [0.2, 0.25) is 0 Å². The summed E-state index contributed by atoms with van der Waals surface area (Å²) in [7, 11) is 0. The monoisotopic (exact) mass is 274 g/mol. The maximum absolute atomic E-state index is 13.6. The summed E-state index contributed by atoms with van der Waals surface area (Å²) < 4.78 is 13.6. The highest BCUT2D eigenvalue weighted by atomic mass is 19.1. The lowest BCUT2D eigenvalue weighted by Gasteiger charge is -2.16. The van der Waals surface area contributed by atoms with Crippen molar-refractivity contribution in [1.29, 1.82) is 0 Å². The van der Waals surface area contributed by atoms with Gasteiger partial charge in [-0.2, -0.15) is 0 Å². The smallest absolute Gasteiger partial charge is 0.255 e. The summed E-state index contributed by atoms with van der Waals surface area (Å²) in [6.07, 6.45) is 1.52.